The summed E-state index contributed by atoms with van der Waals surface area (Å²) in [5.74, 6) is 0.569. The molecule has 0 N–H and O–H groups in total. The van der Waals surface area contributed by atoms with Crippen molar-refractivity contribution in [3.8, 4) is 23.0 Å². The summed E-state index contributed by atoms with van der Waals surface area (Å²) in [5, 5.41) is 1.48. The molecule has 3 aromatic carbocycles. The Labute approximate surface area is 161 Å². The molecule has 27 heavy (non-hydrogen) atoms. The lowest BCUT2D eigenvalue weighted by Crippen LogP contribution is -1.97. The maximum atomic E-state index is 11.4. The number of rotatable bonds is 4. The van der Waals surface area contributed by atoms with Gasteiger partial charge in [0.05, 0.1) is 11.2 Å². The van der Waals surface area contributed by atoms with Gasteiger partial charge in [0.25, 0.3) is 0 Å². The van der Waals surface area contributed by atoms with Crippen LogP contribution in [-0.2, 0) is 0 Å². The van der Waals surface area contributed by atoms with Gasteiger partial charge in [-0.2, -0.15) is 9.97 Å². The highest BCUT2D eigenvalue weighted by molar-refractivity contribution is 6.31. The van der Waals surface area contributed by atoms with Crippen molar-refractivity contribution in [1.82, 2.24) is 9.97 Å². The largest absolute Gasteiger partial charge is 0.424 e. The van der Waals surface area contributed by atoms with E-state index in [1.54, 1.807) is 30.3 Å². The summed E-state index contributed by atoms with van der Waals surface area (Å²) in [6.07, 6.45) is 0. The fourth-order valence-electron chi connectivity index (χ4n) is 2.80. The van der Waals surface area contributed by atoms with Gasteiger partial charge in [-0.3, -0.25) is 4.79 Å². The number of hydrogen-bond donors (Lipinski definition) is 0. The third-order valence-corrected chi connectivity index (χ3v) is 4.39. The van der Waals surface area contributed by atoms with Gasteiger partial charge in [-0.1, -0.05) is 41.9 Å². The number of carbonyl (C=O) groups excluding carboxylic acids is 1. The van der Waals surface area contributed by atoms with Crippen LogP contribution in [0.5, 0.6) is 11.8 Å². The Bertz CT molecular complexity index is 1130. The zero-order chi connectivity index (χ0) is 18.8. The third-order valence-electron chi connectivity index (χ3n) is 4.15. The molecule has 4 nitrogen and oxygen atoms in total. The van der Waals surface area contributed by atoms with Crippen molar-refractivity contribution in [3.05, 3.63) is 83.4 Å². The summed E-state index contributed by atoms with van der Waals surface area (Å²) in [4.78, 5) is 20.5. The smallest absolute Gasteiger partial charge is 0.323 e. The zero-order valence-corrected chi connectivity index (χ0v) is 15.3. The van der Waals surface area contributed by atoms with Crippen molar-refractivity contribution >= 4 is 28.3 Å². The minimum Gasteiger partial charge on any atom is -0.424 e. The number of Topliss-reactive ketones (excluding diaryl/α,β-unsaturated/α-hetero) is 1. The average molecular weight is 375 g/mol. The first-order valence-electron chi connectivity index (χ1n) is 8.42. The van der Waals surface area contributed by atoms with Gasteiger partial charge in [0, 0.05) is 21.5 Å². The number of benzene rings is 3. The summed E-state index contributed by atoms with van der Waals surface area (Å²) in [5.41, 5.74) is 3.06. The Morgan fingerprint density at radius 1 is 0.926 bits per heavy atom. The first-order chi connectivity index (χ1) is 13.1. The van der Waals surface area contributed by atoms with Crippen molar-refractivity contribution in [2.24, 2.45) is 0 Å². The van der Waals surface area contributed by atoms with Crippen molar-refractivity contribution in [2.75, 3.05) is 0 Å². The molecule has 0 unspecified atom stereocenters. The number of halogens is 1. The van der Waals surface area contributed by atoms with E-state index < -0.39 is 0 Å². The molecule has 0 aliphatic heterocycles. The first-order valence-corrected chi connectivity index (χ1v) is 8.79. The summed E-state index contributed by atoms with van der Waals surface area (Å²) in [7, 11) is 0. The van der Waals surface area contributed by atoms with Gasteiger partial charge >= 0.3 is 6.01 Å². The van der Waals surface area contributed by atoms with Crippen molar-refractivity contribution in [1.29, 1.82) is 0 Å². The van der Waals surface area contributed by atoms with E-state index >= 15 is 0 Å². The van der Waals surface area contributed by atoms with Gasteiger partial charge in [0.2, 0.25) is 0 Å². The van der Waals surface area contributed by atoms with Crippen LogP contribution < -0.4 is 4.74 Å². The molecule has 0 amide bonds. The van der Waals surface area contributed by atoms with Gasteiger partial charge in [-0.25, -0.2) is 0 Å². The molecule has 4 aromatic rings. The van der Waals surface area contributed by atoms with Crippen LogP contribution in [0.2, 0.25) is 5.02 Å². The summed E-state index contributed by atoms with van der Waals surface area (Å²) >= 11 is 6.17. The Morgan fingerprint density at radius 2 is 1.67 bits per heavy atom. The summed E-state index contributed by atoms with van der Waals surface area (Å²) in [6.45, 7) is 1.53. The normalized spacial score (nSPS) is 10.7. The van der Waals surface area contributed by atoms with E-state index in [2.05, 4.69) is 9.97 Å². The second-order valence-electron chi connectivity index (χ2n) is 6.06. The van der Waals surface area contributed by atoms with E-state index in [9.17, 15) is 4.79 Å². The van der Waals surface area contributed by atoms with Crippen LogP contribution in [0, 0.1) is 0 Å². The summed E-state index contributed by atoms with van der Waals surface area (Å²) < 4.78 is 5.85. The lowest BCUT2D eigenvalue weighted by atomic mass is 10.1. The molecule has 5 heteroatoms. The quantitative estimate of drug-likeness (QED) is 0.414. The SMILES string of the molecule is CC(=O)c1ccc(Oc2nc(-c3ccccc3)c3cc(Cl)ccc3n2)cc1. The fourth-order valence-corrected chi connectivity index (χ4v) is 2.98. The van der Waals surface area contributed by atoms with Crippen molar-refractivity contribution in [3.63, 3.8) is 0 Å². The molecule has 132 valence electrons. The van der Waals surface area contributed by atoms with E-state index in [0.29, 0.717) is 16.3 Å². The topological polar surface area (TPSA) is 52.1 Å². The molecule has 4 rings (SSSR count). The molecule has 0 atom stereocenters. The van der Waals surface area contributed by atoms with Crippen molar-refractivity contribution in [2.45, 2.75) is 6.92 Å². The highest BCUT2D eigenvalue weighted by atomic mass is 35.5. The van der Waals surface area contributed by atoms with Crippen LogP contribution in [0.25, 0.3) is 22.2 Å². The number of carbonyl (C=O) groups is 1. The molecule has 0 aliphatic rings. The molecule has 0 bridgehead atoms. The average Bonchev–Trinajstić information content (AvgIpc) is 2.69. The number of nitrogens with zero attached hydrogens (tertiary/aromatic N) is 2. The monoisotopic (exact) mass is 374 g/mol. The van der Waals surface area contributed by atoms with E-state index in [1.165, 1.54) is 6.92 Å². The Hall–Kier alpha value is -3.24. The molecule has 0 fully saturated rings. The van der Waals surface area contributed by atoms with Crippen LogP contribution in [-0.4, -0.2) is 15.8 Å². The minimum absolute atomic E-state index is 0.00625. The zero-order valence-electron chi connectivity index (χ0n) is 14.5. The predicted octanol–water partition coefficient (Wildman–Crippen LogP) is 5.95. The highest BCUT2D eigenvalue weighted by Gasteiger charge is 2.12. The lowest BCUT2D eigenvalue weighted by molar-refractivity contribution is 0.101. The number of ketones is 1. The fraction of sp³-hybridized carbons (Fsp3) is 0.0455. The first kappa shape index (κ1) is 17.2. The van der Waals surface area contributed by atoms with Crippen LogP contribution in [0.1, 0.15) is 17.3 Å². The number of aromatic nitrogens is 2. The number of hydrogen-bond acceptors (Lipinski definition) is 4. The van der Waals surface area contributed by atoms with E-state index in [1.807, 2.05) is 42.5 Å². The second kappa shape index (κ2) is 7.17. The van der Waals surface area contributed by atoms with Crippen LogP contribution in [0.4, 0.5) is 0 Å². The van der Waals surface area contributed by atoms with Crippen LogP contribution in [0.3, 0.4) is 0 Å². The highest BCUT2D eigenvalue weighted by Crippen LogP contribution is 2.31. The molecule has 0 radical (unpaired) electrons. The van der Waals surface area contributed by atoms with Crippen LogP contribution in [0.15, 0.2) is 72.8 Å². The third kappa shape index (κ3) is 3.66. The molecule has 1 heterocycles. The summed E-state index contributed by atoms with van der Waals surface area (Å²) in [6, 6.07) is 22.4. The van der Waals surface area contributed by atoms with E-state index in [0.717, 1.165) is 22.2 Å². The molecular weight excluding hydrogens is 360 g/mol. The Morgan fingerprint density at radius 3 is 2.37 bits per heavy atom. The maximum Gasteiger partial charge on any atom is 0.323 e. The Balaban J connectivity index is 1.79. The number of ether oxygens (including phenoxy) is 1. The van der Waals surface area contributed by atoms with Gasteiger partial charge in [0.15, 0.2) is 5.78 Å². The predicted molar refractivity (Wildman–Crippen MR) is 107 cm³/mol. The van der Waals surface area contributed by atoms with Crippen LogP contribution >= 0.6 is 11.6 Å². The van der Waals surface area contributed by atoms with E-state index in [-0.39, 0.29) is 11.8 Å². The molecule has 0 spiro atoms. The lowest BCUT2D eigenvalue weighted by Gasteiger charge is -2.10. The molecule has 1 aromatic heterocycles. The van der Waals surface area contributed by atoms with Gasteiger partial charge in [0.1, 0.15) is 5.75 Å². The number of fused-ring (bicyclic) bond motifs is 1. The molecule has 0 saturated carbocycles. The molecular formula is C22H15ClN2O2. The van der Waals surface area contributed by atoms with Gasteiger partial charge in [-0.15, -0.1) is 0 Å². The van der Waals surface area contributed by atoms with Crippen molar-refractivity contribution < 1.29 is 9.53 Å². The van der Waals surface area contributed by atoms with E-state index in [4.69, 9.17) is 16.3 Å². The maximum absolute atomic E-state index is 11.4. The molecule has 0 aliphatic carbocycles. The standard InChI is InChI=1S/C22H15ClN2O2/c1-14(26)15-7-10-18(11-8-15)27-22-24-20-12-9-17(23)13-19(20)21(25-22)16-5-3-2-4-6-16/h2-13H,1H3. The molecule has 0 saturated heterocycles. The second-order valence-corrected chi connectivity index (χ2v) is 6.50. The Kier molecular flexibility index (Phi) is 4.57. The van der Waals surface area contributed by atoms with Gasteiger partial charge in [-0.05, 0) is 49.4 Å². The minimum atomic E-state index is 0.00625. The van der Waals surface area contributed by atoms with Gasteiger partial charge < -0.3 is 4.74 Å².